The van der Waals surface area contributed by atoms with Crippen molar-refractivity contribution in [2.75, 3.05) is 5.32 Å². The van der Waals surface area contributed by atoms with Gasteiger partial charge in [-0.25, -0.2) is 4.98 Å². The maximum absolute atomic E-state index is 11.8. The number of carbonyl (C=O) groups is 1. The monoisotopic (exact) mass is 322 g/mol. The summed E-state index contributed by atoms with van der Waals surface area (Å²) >= 11 is 4.58. The molecule has 3 aromatic rings. The van der Waals surface area contributed by atoms with Gasteiger partial charge in [0, 0.05) is 0 Å². The molecule has 0 unspecified atom stereocenters. The lowest BCUT2D eigenvalue weighted by Gasteiger charge is -1.96. The number of hydrogen-bond donors (Lipinski definition) is 1. The predicted molar refractivity (Wildman–Crippen MR) is 74.0 cm³/mol. The van der Waals surface area contributed by atoms with E-state index >= 15 is 0 Å². The van der Waals surface area contributed by atoms with Crippen molar-refractivity contribution < 1.29 is 9.21 Å². The molecule has 90 valence electrons. The highest BCUT2D eigenvalue weighted by Gasteiger charge is 2.12. The van der Waals surface area contributed by atoms with E-state index in [4.69, 9.17) is 4.42 Å². The number of para-hydroxylation sites is 1. The molecule has 3 rings (SSSR count). The lowest BCUT2D eigenvalue weighted by atomic mass is 10.3. The van der Waals surface area contributed by atoms with Gasteiger partial charge in [0.05, 0.1) is 10.2 Å². The summed E-state index contributed by atoms with van der Waals surface area (Å²) in [6.45, 7) is 0. The zero-order valence-corrected chi connectivity index (χ0v) is 11.4. The molecule has 0 atom stereocenters. The molecule has 18 heavy (non-hydrogen) atoms. The number of fused-ring (bicyclic) bond motifs is 1. The molecule has 6 heteroatoms. The quantitative estimate of drug-likeness (QED) is 0.778. The number of anilines is 1. The topological polar surface area (TPSA) is 55.1 Å². The van der Waals surface area contributed by atoms with E-state index in [2.05, 4.69) is 26.2 Å². The Hall–Kier alpha value is -1.66. The van der Waals surface area contributed by atoms with Crippen molar-refractivity contribution in [3.05, 3.63) is 46.8 Å². The van der Waals surface area contributed by atoms with Crippen molar-refractivity contribution >= 4 is 48.5 Å². The van der Waals surface area contributed by atoms with Crippen molar-refractivity contribution in [1.29, 1.82) is 0 Å². The smallest absolute Gasteiger partial charge is 0.293 e. The van der Waals surface area contributed by atoms with Gasteiger partial charge in [0.1, 0.15) is 0 Å². The van der Waals surface area contributed by atoms with Gasteiger partial charge in [-0.2, -0.15) is 0 Å². The van der Waals surface area contributed by atoms with Crippen LogP contribution >= 0.6 is 27.3 Å². The second kappa shape index (κ2) is 4.55. The third kappa shape index (κ3) is 2.16. The van der Waals surface area contributed by atoms with Crippen LogP contribution in [0.5, 0.6) is 0 Å². The summed E-state index contributed by atoms with van der Waals surface area (Å²) in [4.78, 5) is 16.2. The van der Waals surface area contributed by atoms with Gasteiger partial charge in [-0.3, -0.25) is 10.1 Å². The molecule has 0 radical (unpaired) electrons. The molecule has 0 aliphatic rings. The first kappa shape index (κ1) is 11.4. The summed E-state index contributed by atoms with van der Waals surface area (Å²) in [6.07, 6.45) is 0. The van der Waals surface area contributed by atoms with Gasteiger partial charge in [0.15, 0.2) is 15.6 Å². The lowest BCUT2D eigenvalue weighted by molar-refractivity contribution is 0.0995. The zero-order chi connectivity index (χ0) is 12.5. The highest BCUT2D eigenvalue weighted by atomic mass is 79.9. The van der Waals surface area contributed by atoms with Crippen LogP contribution in [0.15, 0.2) is 45.5 Å². The predicted octanol–water partition coefficient (Wildman–Crippen LogP) is 3.90. The Kier molecular flexibility index (Phi) is 2.89. The fraction of sp³-hybridized carbons (Fsp3) is 0. The summed E-state index contributed by atoms with van der Waals surface area (Å²) < 4.78 is 6.73. The van der Waals surface area contributed by atoms with Gasteiger partial charge >= 0.3 is 0 Å². The number of carbonyl (C=O) groups excluding carboxylic acids is 1. The van der Waals surface area contributed by atoms with E-state index in [0.717, 1.165) is 10.2 Å². The third-order valence-corrected chi connectivity index (χ3v) is 3.69. The standard InChI is InChI=1S/C12H7BrN2O2S/c13-10-6-5-8(17-10)11(16)15-12-14-7-3-1-2-4-9(7)18-12/h1-6H,(H,14,15,16). The Bertz CT molecular complexity index is 687. The summed E-state index contributed by atoms with van der Waals surface area (Å²) in [7, 11) is 0. The van der Waals surface area contributed by atoms with E-state index in [1.54, 1.807) is 12.1 Å². The number of aromatic nitrogens is 1. The van der Waals surface area contributed by atoms with Crippen LogP contribution in [0.3, 0.4) is 0 Å². The molecule has 0 aliphatic heterocycles. The van der Waals surface area contributed by atoms with Crippen LogP contribution in [0, 0.1) is 0 Å². The summed E-state index contributed by atoms with van der Waals surface area (Å²) in [5.74, 6) is -0.0547. The first-order valence-corrected chi connectivity index (χ1v) is 6.75. The summed E-state index contributed by atoms with van der Waals surface area (Å²) in [6, 6.07) is 11.0. The maximum atomic E-state index is 11.8. The minimum absolute atomic E-state index is 0.251. The number of benzene rings is 1. The van der Waals surface area contributed by atoms with Crippen molar-refractivity contribution in [3.8, 4) is 0 Å². The maximum Gasteiger partial charge on any atom is 0.293 e. The van der Waals surface area contributed by atoms with Gasteiger partial charge in [0.2, 0.25) is 0 Å². The fourth-order valence-electron chi connectivity index (χ4n) is 1.52. The molecular formula is C12H7BrN2O2S. The van der Waals surface area contributed by atoms with Crippen molar-refractivity contribution in [1.82, 2.24) is 4.98 Å². The van der Waals surface area contributed by atoms with E-state index in [9.17, 15) is 4.79 Å². The number of halogens is 1. The SMILES string of the molecule is O=C(Nc1nc2ccccc2s1)c1ccc(Br)o1. The number of furan rings is 1. The van der Waals surface area contributed by atoms with Crippen LogP contribution in [0.25, 0.3) is 10.2 Å². The van der Waals surface area contributed by atoms with Gasteiger partial charge < -0.3 is 4.42 Å². The number of nitrogens with zero attached hydrogens (tertiary/aromatic N) is 1. The average molecular weight is 323 g/mol. The van der Waals surface area contributed by atoms with E-state index < -0.39 is 0 Å². The van der Waals surface area contributed by atoms with Gasteiger partial charge in [-0.15, -0.1) is 0 Å². The van der Waals surface area contributed by atoms with Crippen LogP contribution in [-0.4, -0.2) is 10.9 Å². The zero-order valence-electron chi connectivity index (χ0n) is 9.01. The molecule has 0 aliphatic carbocycles. The molecule has 1 aromatic carbocycles. The number of thiazole rings is 1. The Morgan fingerprint density at radius 1 is 1.28 bits per heavy atom. The van der Waals surface area contributed by atoms with Crippen LogP contribution in [0.1, 0.15) is 10.6 Å². The highest BCUT2D eigenvalue weighted by molar-refractivity contribution is 9.10. The number of amides is 1. The fourth-order valence-corrected chi connectivity index (χ4v) is 2.69. The van der Waals surface area contributed by atoms with Crippen LogP contribution in [0.4, 0.5) is 5.13 Å². The number of nitrogens with one attached hydrogen (secondary N) is 1. The molecule has 2 heterocycles. The Labute approximate surface area is 115 Å². The largest absolute Gasteiger partial charge is 0.444 e. The molecule has 1 N–H and O–H groups in total. The second-order valence-corrected chi connectivity index (χ2v) is 5.36. The molecule has 4 nitrogen and oxygen atoms in total. The minimum Gasteiger partial charge on any atom is -0.444 e. The highest BCUT2D eigenvalue weighted by Crippen LogP contribution is 2.26. The molecule has 0 bridgehead atoms. The molecule has 0 fully saturated rings. The van der Waals surface area contributed by atoms with Crippen molar-refractivity contribution in [3.63, 3.8) is 0 Å². The molecule has 2 aromatic heterocycles. The molecular weight excluding hydrogens is 316 g/mol. The Morgan fingerprint density at radius 3 is 2.83 bits per heavy atom. The number of hydrogen-bond acceptors (Lipinski definition) is 4. The van der Waals surface area contributed by atoms with E-state index in [0.29, 0.717) is 9.80 Å². The van der Waals surface area contributed by atoms with Gasteiger partial charge in [0.25, 0.3) is 5.91 Å². The normalized spacial score (nSPS) is 10.7. The van der Waals surface area contributed by atoms with E-state index in [1.165, 1.54) is 11.3 Å². The third-order valence-electron chi connectivity index (χ3n) is 2.31. The van der Waals surface area contributed by atoms with Crippen LogP contribution in [-0.2, 0) is 0 Å². The van der Waals surface area contributed by atoms with Crippen LogP contribution in [0.2, 0.25) is 0 Å². The average Bonchev–Trinajstić information content (AvgIpc) is 2.94. The van der Waals surface area contributed by atoms with Crippen LogP contribution < -0.4 is 5.32 Å². The molecule has 0 saturated carbocycles. The minimum atomic E-state index is -0.306. The molecule has 0 saturated heterocycles. The van der Waals surface area contributed by atoms with Crippen molar-refractivity contribution in [2.24, 2.45) is 0 Å². The molecule has 0 spiro atoms. The first-order valence-electron chi connectivity index (χ1n) is 5.14. The van der Waals surface area contributed by atoms with Gasteiger partial charge in [-0.1, -0.05) is 23.5 Å². The lowest BCUT2D eigenvalue weighted by Crippen LogP contribution is -2.10. The Balaban J connectivity index is 1.86. The summed E-state index contributed by atoms with van der Waals surface area (Å²) in [5.41, 5.74) is 0.874. The van der Waals surface area contributed by atoms with Gasteiger partial charge in [-0.05, 0) is 40.2 Å². The van der Waals surface area contributed by atoms with E-state index in [1.807, 2.05) is 24.3 Å². The van der Waals surface area contributed by atoms with Crippen molar-refractivity contribution in [2.45, 2.75) is 0 Å². The number of rotatable bonds is 2. The molecule has 1 amide bonds. The second-order valence-electron chi connectivity index (χ2n) is 3.54. The first-order chi connectivity index (χ1) is 8.72. The Morgan fingerprint density at radius 2 is 2.11 bits per heavy atom. The van der Waals surface area contributed by atoms with E-state index in [-0.39, 0.29) is 11.7 Å². The summed E-state index contributed by atoms with van der Waals surface area (Å²) in [5, 5.41) is 3.28.